The van der Waals surface area contributed by atoms with Crippen LogP contribution in [-0.4, -0.2) is 18.9 Å². The lowest BCUT2D eigenvalue weighted by molar-refractivity contribution is -0.119. The van der Waals surface area contributed by atoms with Crippen LogP contribution in [0.3, 0.4) is 0 Å². The predicted molar refractivity (Wildman–Crippen MR) is 93.1 cm³/mol. The molecule has 0 unspecified atom stereocenters. The fraction of sp³-hybridized carbons (Fsp3) is 0.167. The van der Waals surface area contributed by atoms with Crippen LogP contribution in [0.15, 0.2) is 65.7 Å². The predicted octanol–water partition coefficient (Wildman–Crippen LogP) is 2.84. The molecule has 0 aliphatic rings. The molecule has 0 aliphatic carbocycles. The van der Waals surface area contributed by atoms with E-state index < -0.39 is 15.9 Å². The lowest BCUT2D eigenvalue weighted by atomic mass is 10.2. The molecule has 0 saturated carbocycles. The van der Waals surface area contributed by atoms with Crippen LogP contribution >= 0.6 is 0 Å². The van der Waals surface area contributed by atoms with Gasteiger partial charge in [0.2, 0.25) is 5.91 Å². The van der Waals surface area contributed by atoms with E-state index in [4.69, 9.17) is 0 Å². The van der Waals surface area contributed by atoms with Crippen molar-refractivity contribution in [2.45, 2.75) is 24.8 Å². The topological polar surface area (TPSA) is 68.2 Å². The maximum Gasteiger partial charge on any atom is 0.264 e. The maximum absolute atomic E-state index is 12.2. The molecule has 1 N–H and O–H groups in total. The molecule has 0 aliphatic heterocycles. The van der Waals surface area contributed by atoms with E-state index in [1.54, 1.807) is 12.1 Å². The van der Waals surface area contributed by atoms with Crippen LogP contribution < -0.4 is 4.72 Å². The highest BCUT2D eigenvalue weighted by Gasteiger charge is 2.17. The van der Waals surface area contributed by atoms with E-state index in [1.807, 2.05) is 48.0 Å². The number of benzene rings is 2. The minimum Gasteiger partial charge on any atom is -0.347 e. The number of rotatable bonds is 5. The number of carbonyl (C=O) groups excluding carboxylic acids is 1. The maximum atomic E-state index is 12.2. The number of nitrogens with zero attached hydrogens (tertiary/aromatic N) is 1. The van der Waals surface area contributed by atoms with Gasteiger partial charge in [-0.1, -0.05) is 35.9 Å². The number of amides is 1. The summed E-state index contributed by atoms with van der Waals surface area (Å²) in [5.74, 6) is -0.520. The Morgan fingerprint density at radius 2 is 1.75 bits per heavy atom. The van der Waals surface area contributed by atoms with Crippen LogP contribution in [-0.2, 0) is 21.4 Å². The standard InChI is InChI=1S/C18H18N2O3S/c1-14-6-8-16(9-7-14)24(22,23)19-18(21)11-13-20-12-10-15-4-2-3-5-17(15)20/h2-10,12H,11,13H2,1H3,(H,19,21). The van der Waals surface area contributed by atoms with Gasteiger partial charge in [-0.15, -0.1) is 0 Å². The second kappa shape index (κ2) is 6.49. The molecule has 5 nitrogen and oxygen atoms in total. The van der Waals surface area contributed by atoms with Crippen molar-refractivity contribution in [1.29, 1.82) is 0 Å². The summed E-state index contributed by atoms with van der Waals surface area (Å²) in [7, 11) is -3.82. The summed E-state index contributed by atoms with van der Waals surface area (Å²) in [5.41, 5.74) is 1.98. The van der Waals surface area contributed by atoms with Gasteiger partial charge in [-0.3, -0.25) is 4.79 Å². The van der Waals surface area contributed by atoms with E-state index in [2.05, 4.69) is 4.72 Å². The van der Waals surface area contributed by atoms with Crippen molar-refractivity contribution in [1.82, 2.24) is 9.29 Å². The molecule has 6 heteroatoms. The van der Waals surface area contributed by atoms with E-state index in [-0.39, 0.29) is 11.3 Å². The van der Waals surface area contributed by atoms with Gasteiger partial charge >= 0.3 is 0 Å². The molecule has 24 heavy (non-hydrogen) atoms. The normalized spacial score (nSPS) is 11.5. The SMILES string of the molecule is Cc1ccc(S(=O)(=O)NC(=O)CCn2ccc3ccccc32)cc1. The zero-order chi connectivity index (χ0) is 17.2. The second-order valence-corrected chi connectivity index (χ2v) is 7.34. The minimum atomic E-state index is -3.82. The minimum absolute atomic E-state index is 0.0871. The highest BCUT2D eigenvalue weighted by atomic mass is 32.2. The Hall–Kier alpha value is -2.60. The van der Waals surface area contributed by atoms with E-state index >= 15 is 0 Å². The second-order valence-electron chi connectivity index (χ2n) is 5.66. The molecule has 0 bridgehead atoms. The van der Waals surface area contributed by atoms with Gasteiger partial charge in [0.05, 0.1) is 4.90 Å². The molecular weight excluding hydrogens is 324 g/mol. The molecule has 1 heterocycles. The molecule has 3 aromatic rings. The fourth-order valence-electron chi connectivity index (χ4n) is 2.53. The number of hydrogen-bond donors (Lipinski definition) is 1. The number of fused-ring (bicyclic) bond motifs is 1. The van der Waals surface area contributed by atoms with Gasteiger partial charge in [0, 0.05) is 24.7 Å². The zero-order valence-corrected chi connectivity index (χ0v) is 14.1. The molecule has 0 fully saturated rings. The number of nitrogens with one attached hydrogen (secondary N) is 1. The van der Waals surface area contributed by atoms with Crippen LogP contribution in [0.4, 0.5) is 0 Å². The molecule has 3 rings (SSSR count). The summed E-state index contributed by atoms with van der Waals surface area (Å²) in [6.07, 6.45) is 1.98. The lowest BCUT2D eigenvalue weighted by Gasteiger charge is -2.08. The monoisotopic (exact) mass is 342 g/mol. The third kappa shape index (κ3) is 3.49. The largest absolute Gasteiger partial charge is 0.347 e. The molecule has 0 radical (unpaired) electrons. The van der Waals surface area contributed by atoms with E-state index in [0.717, 1.165) is 16.5 Å². The first-order chi connectivity index (χ1) is 11.5. The Morgan fingerprint density at radius 3 is 2.50 bits per heavy atom. The average Bonchev–Trinajstić information content (AvgIpc) is 2.96. The Balaban J connectivity index is 1.66. The first-order valence-electron chi connectivity index (χ1n) is 7.62. The van der Waals surface area contributed by atoms with Gasteiger partial charge < -0.3 is 4.57 Å². The highest BCUT2D eigenvalue weighted by Crippen LogP contribution is 2.15. The van der Waals surface area contributed by atoms with Crippen LogP contribution in [0.1, 0.15) is 12.0 Å². The number of aromatic nitrogens is 1. The number of carbonyl (C=O) groups is 1. The Bertz CT molecular complexity index is 973. The number of hydrogen-bond acceptors (Lipinski definition) is 3. The van der Waals surface area contributed by atoms with Crippen molar-refractivity contribution in [3.05, 3.63) is 66.4 Å². The van der Waals surface area contributed by atoms with Crippen molar-refractivity contribution in [3.8, 4) is 0 Å². The summed E-state index contributed by atoms with van der Waals surface area (Å²) >= 11 is 0. The van der Waals surface area contributed by atoms with Crippen LogP contribution in [0.25, 0.3) is 10.9 Å². The van der Waals surface area contributed by atoms with Gasteiger partial charge in [0.15, 0.2) is 0 Å². The average molecular weight is 342 g/mol. The molecule has 1 amide bonds. The van der Waals surface area contributed by atoms with E-state index in [1.165, 1.54) is 12.1 Å². The number of aryl methyl sites for hydroxylation is 2. The molecular formula is C18H18N2O3S. The molecule has 0 spiro atoms. The smallest absolute Gasteiger partial charge is 0.264 e. The zero-order valence-electron chi connectivity index (χ0n) is 13.3. The molecule has 1 aromatic heterocycles. The van der Waals surface area contributed by atoms with Crippen molar-refractivity contribution < 1.29 is 13.2 Å². The van der Waals surface area contributed by atoms with Crippen LogP contribution in [0.2, 0.25) is 0 Å². The summed E-state index contributed by atoms with van der Waals surface area (Å²) < 4.78 is 28.4. The van der Waals surface area contributed by atoms with Crippen LogP contribution in [0.5, 0.6) is 0 Å². The van der Waals surface area contributed by atoms with Crippen LogP contribution in [0, 0.1) is 6.92 Å². The lowest BCUT2D eigenvalue weighted by Crippen LogP contribution is -2.31. The third-order valence-corrected chi connectivity index (χ3v) is 5.23. The van der Waals surface area contributed by atoms with Crippen molar-refractivity contribution in [2.24, 2.45) is 0 Å². The summed E-state index contributed by atoms with van der Waals surface area (Å²) in [6, 6.07) is 16.2. The first kappa shape index (κ1) is 16.3. The summed E-state index contributed by atoms with van der Waals surface area (Å²) in [4.78, 5) is 12.1. The van der Waals surface area contributed by atoms with Gasteiger partial charge in [0.25, 0.3) is 10.0 Å². The molecule has 124 valence electrons. The summed E-state index contributed by atoms with van der Waals surface area (Å²) in [5, 5.41) is 1.09. The van der Waals surface area contributed by atoms with Gasteiger partial charge in [-0.05, 0) is 36.6 Å². The van der Waals surface area contributed by atoms with E-state index in [9.17, 15) is 13.2 Å². The van der Waals surface area contributed by atoms with Gasteiger partial charge in [-0.25, -0.2) is 13.1 Å². The van der Waals surface area contributed by atoms with Gasteiger partial charge in [0.1, 0.15) is 0 Å². The highest BCUT2D eigenvalue weighted by molar-refractivity contribution is 7.90. The number of para-hydroxylation sites is 1. The Kier molecular flexibility index (Phi) is 4.40. The molecule has 0 atom stereocenters. The van der Waals surface area contributed by atoms with Crippen molar-refractivity contribution in [3.63, 3.8) is 0 Å². The first-order valence-corrected chi connectivity index (χ1v) is 9.10. The molecule has 0 saturated heterocycles. The van der Waals surface area contributed by atoms with Gasteiger partial charge in [-0.2, -0.15) is 0 Å². The van der Waals surface area contributed by atoms with Crippen molar-refractivity contribution in [2.75, 3.05) is 0 Å². The Labute approximate surface area is 141 Å². The Morgan fingerprint density at radius 1 is 1.04 bits per heavy atom. The summed E-state index contributed by atoms with van der Waals surface area (Å²) in [6.45, 7) is 2.29. The van der Waals surface area contributed by atoms with Crippen molar-refractivity contribution >= 4 is 26.8 Å². The molecule has 2 aromatic carbocycles. The number of sulfonamides is 1. The van der Waals surface area contributed by atoms with E-state index in [0.29, 0.717) is 6.54 Å². The fourth-order valence-corrected chi connectivity index (χ4v) is 3.55. The quantitative estimate of drug-likeness (QED) is 0.775. The third-order valence-electron chi connectivity index (χ3n) is 3.84.